The summed E-state index contributed by atoms with van der Waals surface area (Å²) in [5.41, 5.74) is 0.188. The summed E-state index contributed by atoms with van der Waals surface area (Å²) in [6.45, 7) is 3.59. The van der Waals surface area contributed by atoms with E-state index in [0.29, 0.717) is 6.42 Å². The van der Waals surface area contributed by atoms with Gasteiger partial charge in [-0.1, -0.05) is 13.8 Å². The van der Waals surface area contributed by atoms with Gasteiger partial charge in [0, 0.05) is 11.5 Å². The predicted octanol–water partition coefficient (Wildman–Crippen LogP) is 3.72. The number of carbonyl (C=O) groups is 4. The van der Waals surface area contributed by atoms with E-state index in [4.69, 9.17) is 4.74 Å². The number of esters is 2. The minimum atomic E-state index is -1.24. The lowest BCUT2D eigenvalue weighted by Crippen LogP contribution is -2.15. The molecule has 1 aliphatic rings. The third-order valence-electron chi connectivity index (χ3n) is 4.40. The fraction of sp³-hybridized carbons (Fsp3) is 0.200. The van der Waals surface area contributed by atoms with Crippen LogP contribution >= 0.6 is 0 Å². The van der Waals surface area contributed by atoms with E-state index < -0.39 is 17.9 Å². The van der Waals surface area contributed by atoms with Gasteiger partial charge in [-0.2, -0.15) is 0 Å². The average molecular weight is 368 g/mol. The van der Waals surface area contributed by atoms with Crippen LogP contribution in [0.1, 0.15) is 61.7 Å². The van der Waals surface area contributed by atoms with Gasteiger partial charge in [0.05, 0.1) is 16.7 Å². The van der Waals surface area contributed by atoms with Crippen molar-refractivity contribution < 1.29 is 33.8 Å². The van der Waals surface area contributed by atoms with Gasteiger partial charge in [-0.3, -0.25) is 4.79 Å². The molecule has 1 unspecified atom stereocenters. The number of carbonyl (C=O) groups excluding carboxylic acids is 3. The molecule has 0 bridgehead atoms. The minimum Gasteiger partial charge on any atom is -0.478 e. The first-order valence-electron chi connectivity index (χ1n) is 8.31. The zero-order chi connectivity index (χ0) is 19.7. The Kier molecular flexibility index (Phi) is 4.77. The molecule has 7 nitrogen and oxygen atoms in total. The van der Waals surface area contributed by atoms with Crippen LogP contribution in [0, 0.1) is 5.92 Å². The van der Waals surface area contributed by atoms with Crippen LogP contribution < -0.4 is 4.74 Å². The second-order valence-corrected chi connectivity index (χ2v) is 6.17. The topological polar surface area (TPSA) is 107 Å². The van der Waals surface area contributed by atoms with Crippen molar-refractivity contribution in [3.8, 4) is 11.5 Å². The fourth-order valence-electron chi connectivity index (χ4n) is 2.69. The Morgan fingerprint density at radius 2 is 1.63 bits per heavy atom. The normalized spacial score (nSPS) is 13.7. The molecule has 0 amide bonds. The number of ether oxygens (including phenoxy) is 2. The fourth-order valence-corrected chi connectivity index (χ4v) is 2.69. The molecule has 7 heteroatoms. The molecule has 1 N–H and O–H groups in total. The molecule has 0 spiro atoms. The number of fused-ring (bicyclic) bond motifs is 1. The van der Waals surface area contributed by atoms with Gasteiger partial charge in [0.1, 0.15) is 11.5 Å². The van der Waals surface area contributed by atoms with Crippen LogP contribution in [0.2, 0.25) is 0 Å². The molecule has 0 aliphatic carbocycles. The highest BCUT2D eigenvalue weighted by Crippen LogP contribution is 2.29. The van der Waals surface area contributed by atoms with E-state index in [1.54, 1.807) is 6.92 Å². The summed E-state index contributed by atoms with van der Waals surface area (Å²) < 4.78 is 10.1. The molecule has 0 saturated carbocycles. The maximum absolute atomic E-state index is 12.4. The van der Waals surface area contributed by atoms with Crippen molar-refractivity contribution in [1.82, 2.24) is 0 Å². The monoisotopic (exact) mass is 368 g/mol. The third kappa shape index (κ3) is 3.44. The van der Waals surface area contributed by atoms with E-state index in [0.717, 1.165) is 0 Å². The zero-order valence-electron chi connectivity index (χ0n) is 14.6. The summed E-state index contributed by atoms with van der Waals surface area (Å²) in [6, 6.07) is 8.38. The Morgan fingerprint density at radius 3 is 2.30 bits per heavy atom. The van der Waals surface area contributed by atoms with Crippen molar-refractivity contribution in [3.05, 3.63) is 58.7 Å². The van der Waals surface area contributed by atoms with E-state index in [2.05, 4.69) is 4.74 Å². The summed E-state index contributed by atoms with van der Waals surface area (Å²) >= 11 is 0. The van der Waals surface area contributed by atoms with Gasteiger partial charge < -0.3 is 14.6 Å². The van der Waals surface area contributed by atoms with Crippen molar-refractivity contribution >= 4 is 23.7 Å². The molecule has 0 fully saturated rings. The number of carboxylic acid groups (broad SMARTS) is 1. The maximum atomic E-state index is 12.4. The lowest BCUT2D eigenvalue weighted by molar-refractivity contribution is 0.0442. The van der Waals surface area contributed by atoms with Crippen molar-refractivity contribution in [2.24, 2.45) is 5.92 Å². The molecule has 1 atom stereocenters. The first-order chi connectivity index (χ1) is 12.8. The number of cyclic esters (lactones) is 2. The average Bonchev–Trinajstić information content (AvgIpc) is 2.94. The van der Waals surface area contributed by atoms with Gasteiger partial charge in [-0.15, -0.1) is 0 Å². The molecule has 0 saturated heterocycles. The molecule has 2 aromatic rings. The van der Waals surface area contributed by atoms with Gasteiger partial charge >= 0.3 is 17.9 Å². The molecular weight excluding hydrogens is 352 g/mol. The number of hydrogen-bond donors (Lipinski definition) is 1. The summed E-state index contributed by atoms with van der Waals surface area (Å²) in [5.74, 6) is -2.85. The highest BCUT2D eigenvalue weighted by molar-refractivity contribution is 6.14. The largest absolute Gasteiger partial charge is 0.478 e. The second-order valence-electron chi connectivity index (χ2n) is 6.17. The molecular formula is C20H16O7. The molecule has 27 heavy (non-hydrogen) atoms. The van der Waals surface area contributed by atoms with Gasteiger partial charge in [0.15, 0.2) is 5.78 Å². The first kappa shape index (κ1) is 18.3. The van der Waals surface area contributed by atoms with Crippen LogP contribution in [0.15, 0.2) is 36.4 Å². The number of carboxylic acids is 1. The lowest BCUT2D eigenvalue weighted by atomic mass is 9.93. The van der Waals surface area contributed by atoms with Crippen LogP contribution in [0.3, 0.4) is 0 Å². The van der Waals surface area contributed by atoms with E-state index in [1.165, 1.54) is 36.4 Å². The van der Waals surface area contributed by atoms with Crippen molar-refractivity contribution in [2.45, 2.75) is 20.3 Å². The molecule has 3 rings (SSSR count). The molecule has 138 valence electrons. The quantitative estimate of drug-likeness (QED) is 0.470. The molecule has 0 aromatic heterocycles. The van der Waals surface area contributed by atoms with Crippen LogP contribution in [0.25, 0.3) is 0 Å². The van der Waals surface area contributed by atoms with E-state index in [-0.39, 0.29) is 45.5 Å². The first-order valence-corrected chi connectivity index (χ1v) is 8.31. The van der Waals surface area contributed by atoms with Gasteiger partial charge in [0.2, 0.25) is 0 Å². The van der Waals surface area contributed by atoms with Crippen molar-refractivity contribution in [3.63, 3.8) is 0 Å². The number of benzene rings is 2. The summed E-state index contributed by atoms with van der Waals surface area (Å²) in [5, 5.41) is 9.44. The summed E-state index contributed by atoms with van der Waals surface area (Å²) in [6.07, 6.45) is 0.597. The Labute approximate surface area is 154 Å². The van der Waals surface area contributed by atoms with Crippen LogP contribution in [-0.4, -0.2) is 28.8 Å². The molecule has 2 aromatic carbocycles. The van der Waals surface area contributed by atoms with Gasteiger partial charge in [-0.25, -0.2) is 14.4 Å². The van der Waals surface area contributed by atoms with Crippen molar-refractivity contribution in [1.29, 1.82) is 0 Å². The van der Waals surface area contributed by atoms with Crippen molar-refractivity contribution in [2.75, 3.05) is 0 Å². The molecule has 1 heterocycles. The van der Waals surface area contributed by atoms with Crippen LogP contribution in [-0.2, 0) is 4.74 Å². The number of rotatable bonds is 6. The lowest BCUT2D eigenvalue weighted by Gasteiger charge is -2.12. The van der Waals surface area contributed by atoms with Crippen LogP contribution in [0.4, 0.5) is 0 Å². The Bertz CT molecular complexity index is 974. The Morgan fingerprint density at radius 1 is 1.00 bits per heavy atom. The van der Waals surface area contributed by atoms with Crippen LogP contribution in [0.5, 0.6) is 11.5 Å². The SMILES string of the molecule is CCC(C)C(=O)c1ccc(Oc2ccc3c(c2)C(=O)OC3=O)cc1C(=O)O. The Hall–Kier alpha value is -3.48. The zero-order valence-corrected chi connectivity index (χ0v) is 14.6. The second kappa shape index (κ2) is 7.03. The highest BCUT2D eigenvalue weighted by atomic mass is 16.6. The smallest absolute Gasteiger partial charge is 0.347 e. The highest BCUT2D eigenvalue weighted by Gasteiger charge is 2.30. The van der Waals surface area contributed by atoms with Gasteiger partial charge in [-0.05, 0) is 42.8 Å². The number of ketones is 1. The Balaban J connectivity index is 1.93. The third-order valence-corrected chi connectivity index (χ3v) is 4.40. The number of aromatic carboxylic acids is 1. The summed E-state index contributed by atoms with van der Waals surface area (Å²) in [4.78, 5) is 47.0. The molecule has 1 aliphatic heterocycles. The minimum absolute atomic E-state index is 0.0829. The standard InChI is InChI=1S/C20H16O7/c1-3-10(2)17(21)13-6-4-11(8-15(13)18(22)23)26-12-5-7-14-16(9-12)20(25)27-19(14)24/h4-10H,3H2,1-2H3,(H,22,23). The summed E-state index contributed by atoms with van der Waals surface area (Å²) in [7, 11) is 0. The predicted molar refractivity (Wildman–Crippen MR) is 93.4 cm³/mol. The van der Waals surface area contributed by atoms with E-state index >= 15 is 0 Å². The van der Waals surface area contributed by atoms with Gasteiger partial charge in [0.25, 0.3) is 0 Å². The van der Waals surface area contributed by atoms with E-state index in [1.807, 2.05) is 6.92 Å². The van der Waals surface area contributed by atoms with E-state index in [9.17, 15) is 24.3 Å². The molecule has 0 radical (unpaired) electrons. The number of Topliss-reactive ketones (excluding diaryl/α,β-unsaturated/α-hetero) is 1. The number of hydrogen-bond acceptors (Lipinski definition) is 6. The maximum Gasteiger partial charge on any atom is 0.347 e.